The van der Waals surface area contributed by atoms with E-state index >= 15 is 0 Å². The zero-order valence-corrected chi connectivity index (χ0v) is 13.1. The number of rotatable bonds is 2. The Morgan fingerprint density at radius 2 is 1.67 bits per heavy atom. The Hall–Kier alpha value is -2.51. The van der Waals surface area contributed by atoms with Gasteiger partial charge in [-0.05, 0) is 29.5 Å². The third kappa shape index (κ3) is 2.83. The molecule has 128 valence electrons. The summed E-state index contributed by atoms with van der Waals surface area (Å²) in [6.45, 7) is 4.08. The lowest BCUT2D eigenvalue weighted by Crippen LogP contribution is -2.17. The average molecular weight is 338 g/mol. The van der Waals surface area contributed by atoms with E-state index in [1.54, 1.807) is 12.1 Å². The van der Waals surface area contributed by atoms with Crippen LogP contribution in [-0.2, 0) is 0 Å². The van der Waals surface area contributed by atoms with Gasteiger partial charge in [-0.1, -0.05) is 26.0 Å². The van der Waals surface area contributed by atoms with Crippen molar-refractivity contribution in [1.82, 2.24) is 9.97 Å². The van der Waals surface area contributed by atoms with Crippen LogP contribution >= 0.6 is 0 Å². The normalized spacial score (nSPS) is 23.1. The van der Waals surface area contributed by atoms with Crippen molar-refractivity contribution in [2.75, 3.05) is 11.5 Å². The number of ether oxygens (including phenoxy) is 1. The van der Waals surface area contributed by atoms with Crippen LogP contribution in [0.5, 0.6) is 5.75 Å². The van der Waals surface area contributed by atoms with E-state index in [4.69, 9.17) is 11.5 Å². The number of aromatic nitrogens is 2. The molecule has 0 amide bonds. The van der Waals surface area contributed by atoms with Crippen LogP contribution in [0, 0.1) is 5.92 Å². The molecule has 0 bridgehead atoms. The van der Waals surface area contributed by atoms with Crippen molar-refractivity contribution < 1.29 is 17.9 Å². The topological polar surface area (TPSA) is 87.0 Å². The van der Waals surface area contributed by atoms with Gasteiger partial charge in [-0.25, -0.2) is 4.98 Å². The van der Waals surface area contributed by atoms with Crippen molar-refractivity contribution in [2.45, 2.75) is 32.0 Å². The Morgan fingerprint density at radius 1 is 1.04 bits per heavy atom. The highest BCUT2D eigenvalue weighted by Crippen LogP contribution is 2.50. The minimum atomic E-state index is -4.71. The van der Waals surface area contributed by atoms with Crippen molar-refractivity contribution in [3.63, 3.8) is 0 Å². The van der Waals surface area contributed by atoms with Gasteiger partial charge >= 0.3 is 6.36 Å². The van der Waals surface area contributed by atoms with E-state index in [1.807, 2.05) is 13.8 Å². The fourth-order valence-electron chi connectivity index (χ4n) is 3.37. The van der Waals surface area contributed by atoms with E-state index < -0.39 is 6.36 Å². The molecule has 0 radical (unpaired) electrons. The Morgan fingerprint density at radius 3 is 2.25 bits per heavy atom. The molecule has 2 aromatic rings. The molecule has 0 saturated carbocycles. The third-order valence-electron chi connectivity index (χ3n) is 4.56. The molecule has 8 heteroatoms. The fraction of sp³-hybridized carbons (Fsp3) is 0.375. The monoisotopic (exact) mass is 338 g/mol. The number of hydrogen-bond donors (Lipinski definition) is 2. The van der Waals surface area contributed by atoms with Crippen LogP contribution in [0.25, 0.3) is 0 Å². The van der Waals surface area contributed by atoms with E-state index in [1.165, 1.54) is 12.1 Å². The van der Waals surface area contributed by atoms with Crippen molar-refractivity contribution in [1.29, 1.82) is 0 Å². The minimum Gasteiger partial charge on any atom is -0.406 e. The largest absolute Gasteiger partial charge is 0.573 e. The second-order valence-electron chi connectivity index (χ2n) is 6.01. The Balaban J connectivity index is 1.99. The summed E-state index contributed by atoms with van der Waals surface area (Å²) in [4.78, 5) is 8.34. The number of hydrogen-bond acceptors (Lipinski definition) is 5. The second-order valence-corrected chi connectivity index (χ2v) is 6.01. The molecule has 1 aromatic carbocycles. The van der Waals surface area contributed by atoms with Gasteiger partial charge in [0.1, 0.15) is 11.6 Å². The first-order chi connectivity index (χ1) is 11.2. The van der Waals surface area contributed by atoms with E-state index in [2.05, 4.69) is 14.7 Å². The summed E-state index contributed by atoms with van der Waals surface area (Å²) in [5.41, 5.74) is 14.1. The van der Waals surface area contributed by atoms with Crippen LogP contribution in [-0.4, -0.2) is 16.3 Å². The van der Waals surface area contributed by atoms with Crippen LogP contribution in [0.4, 0.5) is 24.9 Å². The molecule has 0 fully saturated rings. The lowest BCUT2D eigenvalue weighted by molar-refractivity contribution is -0.274. The van der Waals surface area contributed by atoms with Gasteiger partial charge in [0.15, 0.2) is 0 Å². The number of halogens is 3. The summed E-state index contributed by atoms with van der Waals surface area (Å²) in [6, 6.07) is 5.81. The van der Waals surface area contributed by atoms with Crippen LogP contribution < -0.4 is 16.2 Å². The lowest BCUT2D eigenvalue weighted by atomic mass is 9.85. The molecule has 1 aromatic heterocycles. The summed E-state index contributed by atoms with van der Waals surface area (Å²) >= 11 is 0. The van der Waals surface area contributed by atoms with E-state index in [9.17, 15) is 13.2 Å². The zero-order valence-electron chi connectivity index (χ0n) is 13.1. The first-order valence-corrected chi connectivity index (χ1v) is 7.46. The van der Waals surface area contributed by atoms with Crippen LogP contribution in [0.15, 0.2) is 24.3 Å². The van der Waals surface area contributed by atoms with Gasteiger partial charge in [0.05, 0.1) is 5.69 Å². The van der Waals surface area contributed by atoms with Gasteiger partial charge in [0.2, 0.25) is 5.95 Å². The molecule has 24 heavy (non-hydrogen) atoms. The number of nitrogens with zero attached hydrogens (tertiary/aromatic N) is 2. The van der Waals surface area contributed by atoms with Gasteiger partial charge in [-0.2, -0.15) is 4.98 Å². The SMILES string of the molecule is CC1c2c(N)nc(N)nc2C(c2ccc(OC(F)(F)F)cc2)C1C. The lowest BCUT2D eigenvalue weighted by Gasteiger charge is -2.19. The van der Waals surface area contributed by atoms with Gasteiger partial charge in [0.25, 0.3) is 0 Å². The first kappa shape index (κ1) is 16.4. The molecule has 3 rings (SSSR count). The maximum absolute atomic E-state index is 12.3. The van der Waals surface area contributed by atoms with Gasteiger partial charge in [-0.3, -0.25) is 0 Å². The predicted molar refractivity (Wildman–Crippen MR) is 83.4 cm³/mol. The standard InChI is InChI=1S/C16H17F3N4O/c1-7-8(2)12-13(22-15(21)23-14(12)20)11(7)9-3-5-10(6-4-9)24-16(17,18)19/h3-8,11H,1-2H3,(H4,20,21,22,23). The fourth-order valence-corrected chi connectivity index (χ4v) is 3.37. The Kier molecular flexibility index (Phi) is 3.77. The maximum Gasteiger partial charge on any atom is 0.573 e. The number of alkyl halides is 3. The number of benzene rings is 1. The molecule has 0 spiro atoms. The van der Waals surface area contributed by atoms with Crippen molar-refractivity contribution >= 4 is 11.8 Å². The number of fused-ring (bicyclic) bond motifs is 1. The van der Waals surface area contributed by atoms with Crippen molar-refractivity contribution in [3.8, 4) is 5.75 Å². The molecule has 0 aliphatic heterocycles. The number of anilines is 2. The van der Waals surface area contributed by atoms with Gasteiger partial charge in [-0.15, -0.1) is 13.2 Å². The summed E-state index contributed by atoms with van der Waals surface area (Å²) in [5.74, 6) is 0.366. The van der Waals surface area contributed by atoms with Crippen molar-refractivity contribution in [3.05, 3.63) is 41.1 Å². The predicted octanol–water partition coefficient (Wildman–Crippen LogP) is 3.42. The van der Waals surface area contributed by atoms with Crippen LogP contribution in [0.1, 0.15) is 42.5 Å². The van der Waals surface area contributed by atoms with E-state index in [0.29, 0.717) is 5.82 Å². The first-order valence-electron chi connectivity index (χ1n) is 7.46. The second kappa shape index (κ2) is 5.54. The smallest absolute Gasteiger partial charge is 0.406 e. The molecule has 3 atom stereocenters. The summed E-state index contributed by atoms with van der Waals surface area (Å²) in [7, 11) is 0. The third-order valence-corrected chi connectivity index (χ3v) is 4.56. The van der Waals surface area contributed by atoms with Crippen molar-refractivity contribution in [2.24, 2.45) is 5.92 Å². The molecule has 1 aliphatic carbocycles. The highest BCUT2D eigenvalue weighted by atomic mass is 19.4. The van der Waals surface area contributed by atoms with Gasteiger partial charge < -0.3 is 16.2 Å². The Bertz CT molecular complexity index is 761. The summed E-state index contributed by atoms with van der Waals surface area (Å²) < 4.78 is 40.7. The molecule has 4 N–H and O–H groups in total. The van der Waals surface area contributed by atoms with E-state index in [0.717, 1.165) is 16.8 Å². The molecular weight excluding hydrogens is 321 g/mol. The number of nitrogen functional groups attached to an aromatic ring is 2. The Labute approximate surface area is 136 Å². The molecule has 3 unspecified atom stereocenters. The average Bonchev–Trinajstić information content (AvgIpc) is 2.70. The highest BCUT2D eigenvalue weighted by Gasteiger charge is 2.40. The molecule has 0 saturated heterocycles. The van der Waals surface area contributed by atoms with Crippen LogP contribution in [0.2, 0.25) is 0 Å². The minimum absolute atomic E-state index is 0.0922. The summed E-state index contributed by atoms with van der Waals surface area (Å²) in [5, 5.41) is 0. The quantitative estimate of drug-likeness (QED) is 0.876. The zero-order chi connectivity index (χ0) is 17.6. The molecule has 5 nitrogen and oxygen atoms in total. The molecule has 1 heterocycles. The molecule has 1 aliphatic rings. The molecular formula is C16H17F3N4O. The number of nitrogens with two attached hydrogens (primary N) is 2. The maximum atomic E-state index is 12.3. The summed E-state index contributed by atoms with van der Waals surface area (Å²) in [6.07, 6.45) is -4.71. The van der Waals surface area contributed by atoms with Crippen LogP contribution in [0.3, 0.4) is 0 Å². The van der Waals surface area contributed by atoms with E-state index in [-0.39, 0.29) is 29.5 Å². The van der Waals surface area contributed by atoms with Gasteiger partial charge in [0, 0.05) is 11.5 Å². The highest BCUT2D eigenvalue weighted by molar-refractivity contribution is 5.55.